The highest BCUT2D eigenvalue weighted by Gasteiger charge is 2.19. The number of H-pyrrole nitrogens is 1. The van der Waals surface area contributed by atoms with Gasteiger partial charge in [0.2, 0.25) is 0 Å². The third-order valence-electron chi connectivity index (χ3n) is 3.86. The SMILES string of the molecule is Cc1ccc2[nH]c3c(c2c1C)CN(C)CC3. The van der Waals surface area contributed by atoms with Crippen molar-refractivity contribution in [1.29, 1.82) is 0 Å². The maximum Gasteiger partial charge on any atom is 0.0462 e. The molecular formula is C14H18N2. The van der Waals surface area contributed by atoms with Crippen molar-refractivity contribution in [2.24, 2.45) is 0 Å². The fourth-order valence-electron chi connectivity index (χ4n) is 2.74. The molecule has 0 atom stereocenters. The maximum atomic E-state index is 3.58. The van der Waals surface area contributed by atoms with E-state index in [1.54, 1.807) is 0 Å². The lowest BCUT2D eigenvalue weighted by Crippen LogP contribution is -2.26. The summed E-state index contributed by atoms with van der Waals surface area (Å²) < 4.78 is 0. The van der Waals surface area contributed by atoms with E-state index >= 15 is 0 Å². The van der Waals surface area contributed by atoms with Crippen LogP contribution in [-0.4, -0.2) is 23.5 Å². The Hall–Kier alpha value is -1.28. The van der Waals surface area contributed by atoms with E-state index < -0.39 is 0 Å². The topological polar surface area (TPSA) is 19.0 Å². The smallest absolute Gasteiger partial charge is 0.0462 e. The van der Waals surface area contributed by atoms with Crippen LogP contribution in [0.4, 0.5) is 0 Å². The number of nitrogens with zero attached hydrogens (tertiary/aromatic N) is 1. The molecular weight excluding hydrogens is 196 g/mol. The lowest BCUT2D eigenvalue weighted by atomic mass is 9.99. The van der Waals surface area contributed by atoms with Crippen molar-refractivity contribution in [1.82, 2.24) is 9.88 Å². The highest BCUT2D eigenvalue weighted by Crippen LogP contribution is 2.30. The summed E-state index contributed by atoms with van der Waals surface area (Å²) in [6.45, 7) is 6.68. The number of likely N-dealkylation sites (N-methyl/N-ethyl adjacent to an activating group) is 1. The third-order valence-corrected chi connectivity index (χ3v) is 3.86. The van der Waals surface area contributed by atoms with Gasteiger partial charge >= 0.3 is 0 Å². The zero-order chi connectivity index (χ0) is 11.3. The van der Waals surface area contributed by atoms with Gasteiger partial charge in [-0.2, -0.15) is 0 Å². The summed E-state index contributed by atoms with van der Waals surface area (Å²) in [4.78, 5) is 5.98. The lowest BCUT2D eigenvalue weighted by molar-refractivity contribution is 0.313. The van der Waals surface area contributed by atoms with Gasteiger partial charge in [-0.3, -0.25) is 0 Å². The largest absolute Gasteiger partial charge is 0.358 e. The van der Waals surface area contributed by atoms with Gasteiger partial charge in [0.25, 0.3) is 0 Å². The molecule has 0 spiro atoms. The van der Waals surface area contributed by atoms with E-state index in [-0.39, 0.29) is 0 Å². The van der Waals surface area contributed by atoms with Gasteiger partial charge in [-0.05, 0) is 43.7 Å². The molecule has 16 heavy (non-hydrogen) atoms. The van der Waals surface area contributed by atoms with Gasteiger partial charge in [0.1, 0.15) is 0 Å². The number of aryl methyl sites for hydroxylation is 2. The minimum Gasteiger partial charge on any atom is -0.358 e. The molecule has 3 rings (SSSR count). The molecule has 1 aliphatic heterocycles. The van der Waals surface area contributed by atoms with Crippen molar-refractivity contribution in [3.05, 3.63) is 34.5 Å². The predicted molar refractivity (Wildman–Crippen MR) is 67.8 cm³/mol. The van der Waals surface area contributed by atoms with Crippen molar-refractivity contribution in [2.75, 3.05) is 13.6 Å². The van der Waals surface area contributed by atoms with E-state index in [1.165, 1.54) is 33.3 Å². The standard InChI is InChI=1S/C14H18N2/c1-9-4-5-13-14(10(9)2)11-8-16(3)7-6-12(11)15-13/h4-5,15H,6-8H2,1-3H3. The van der Waals surface area contributed by atoms with E-state index in [0.717, 1.165) is 19.5 Å². The molecule has 2 heteroatoms. The number of rotatable bonds is 0. The summed E-state index contributed by atoms with van der Waals surface area (Å²) in [5.74, 6) is 0. The van der Waals surface area contributed by atoms with E-state index in [4.69, 9.17) is 0 Å². The molecule has 0 unspecified atom stereocenters. The molecule has 2 nitrogen and oxygen atoms in total. The molecule has 0 saturated carbocycles. The van der Waals surface area contributed by atoms with E-state index in [1.807, 2.05) is 0 Å². The van der Waals surface area contributed by atoms with Crippen LogP contribution in [0, 0.1) is 13.8 Å². The first-order chi connectivity index (χ1) is 7.66. The minimum atomic E-state index is 1.08. The van der Waals surface area contributed by atoms with Crippen LogP contribution in [0.3, 0.4) is 0 Å². The van der Waals surface area contributed by atoms with Gasteiger partial charge in [0, 0.05) is 36.1 Å². The maximum absolute atomic E-state index is 3.58. The third kappa shape index (κ3) is 1.30. The van der Waals surface area contributed by atoms with Gasteiger partial charge in [-0.15, -0.1) is 0 Å². The van der Waals surface area contributed by atoms with Crippen molar-refractivity contribution in [3.63, 3.8) is 0 Å². The molecule has 2 heterocycles. The molecule has 0 fully saturated rings. The Balaban J connectivity index is 2.32. The highest BCUT2D eigenvalue weighted by atomic mass is 15.1. The zero-order valence-corrected chi connectivity index (χ0v) is 10.2. The van der Waals surface area contributed by atoms with Crippen LogP contribution in [0.5, 0.6) is 0 Å². The molecule has 2 aromatic rings. The Kier molecular flexibility index (Phi) is 2.08. The fraction of sp³-hybridized carbons (Fsp3) is 0.429. The van der Waals surface area contributed by atoms with Crippen LogP contribution in [0.2, 0.25) is 0 Å². The average molecular weight is 214 g/mol. The number of aromatic nitrogens is 1. The van der Waals surface area contributed by atoms with E-state index in [9.17, 15) is 0 Å². The number of benzene rings is 1. The Morgan fingerprint density at radius 2 is 2.06 bits per heavy atom. The van der Waals surface area contributed by atoms with Crippen LogP contribution in [-0.2, 0) is 13.0 Å². The molecule has 1 aromatic carbocycles. The van der Waals surface area contributed by atoms with Gasteiger partial charge in [0.05, 0.1) is 0 Å². The first-order valence-electron chi connectivity index (χ1n) is 5.95. The molecule has 0 amide bonds. The molecule has 0 bridgehead atoms. The molecule has 1 aromatic heterocycles. The van der Waals surface area contributed by atoms with Gasteiger partial charge in [0.15, 0.2) is 0 Å². The molecule has 0 aliphatic carbocycles. The molecule has 0 radical (unpaired) electrons. The van der Waals surface area contributed by atoms with Crippen molar-refractivity contribution in [3.8, 4) is 0 Å². The van der Waals surface area contributed by atoms with Crippen LogP contribution in [0.25, 0.3) is 10.9 Å². The summed E-state index contributed by atoms with van der Waals surface area (Å²) in [5, 5.41) is 1.46. The summed E-state index contributed by atoms with van der Waals surface area (Å²) in [5.41, 5.74) is 7.10. The predicted octanol–water partition coefficient (Wildman–Crippen LogP) is 2.77. The first kappa shape index (κ1) is 9.91. The number of hydrogen-bond acceptors (Lipinski definition) is 1. The first-order valence-corrected chi connectivity index (χ1v) is 5.95. The molecule has 1 aliphatic rings. The Bertz CT molecular complexity index is 551. The van der Waals surface area contributed by atoms with Gasteiger partial charge in [-0.1, -0.05) is 6.07 Å². The molecule has 1 N–H and O–H groups in total. The highest BCUT2D eigenvalue weighted by molar-refractivity contribution is 5.89. The van der Waals surface area contributed by atoms with Crippen LogP contribution in [0.15, 0.2) is 12.1 Å². The second kappa shape index (κ2) is 3.36. The number of hydrogen-bond donors (Lipinski definition) is 1. The van der Waals surface area contributed by atoms with Gasteiger partial charge in [-0.25, -0.2) is 0 Å². The Morgan fingerprint density at radius 1 is 1.25 bits per heavy atom. The minimum absolute atomic E-state index is 1.08. The monoisotopic (exact) mass is 214 g/mol. The van der Waals surface area contributed by atoms with E-state index in [2.05, 4.69) is 42.9 Å². The number of nitrogens with one attached hydrogen (secondary N) is 1. The second-order valence-corrected chi connectivity index (χ2v) is 5.00. The Morgan fingerprint density at radius 3 is 2.88 bits per heavy atom. The van der Waals surface area contributed by atoms with Crippen LogP contribution >= 0.6 is 0 Å². The summed E-state index contributed by atoms with van der Waals surface area (Å²) in [6, 6.07) is 4.43. The molecule has 0 saturated heterocycles. The molecule has 84 valence electrons. The summed E-state index contributed by atoms with van der Waals surface area (Å²) in [7, 11) is 2.20. The van der Waals surface area contributed by atoms with Crippen molar-refractivity contribution < 1.29 is 0 Å². The van der Waals surface area contributed by atoms with Crippen molar-refractivity contribution >= 4 is 10.9 Å². The average Bonchev–Trinajstić information content (AvgIpc) is 2.62. The fourth-order valence-corrected chi connectivity index (χ4v) is 2.74. The zero-order valence-electron chi connectivity index (χ0n) is 10.2. The lowest BCUT2D eigenvalue weighted by Gasteiger charge is -2.22. The normalized spacial score (nSPS) is 16.7. The van der Waals surface area contributed by atoms with Gasteiger partial charge < -0.3 is 9.88 Å². The van der Waals surface area contributed by atoms with Crippen molar-refractivity contribution in [2.45, 2.75) is 26.8 Å². The number of aromatic amines is 1. The van der Waals surface area contributed by atoms with E-state index in [0.29, 0.717) is 0 Å². The van der Waals surface area contributed by atoms with Crippen LogP contribution in [0.1, 0.15) is 22.4 Å². The Labute approximate surface area is 96.3 Å². The second-order valence-electron chi connectivity index (χ2n) is 5.00. The summed E-state index contributed by atoms with van der Waals surface area (Å²) in [6.07, 6.45) is 1.15. The quantitative estimate of drug-likeness (QED) is 0.714. The van der Waals surface area contributed by atoms with Crippen LogP contribution < -0.4 is 0 Å². The summed E-state index contributed by atoms with van der Waals surface area (Å²) >= 11 is 0. The number of fused-ring (bicyclic) bond motifs is 3.